The predicted octanol–water partition coefficient (Wildman–Crippen LogP) is 6.13. The Balaban J connectivity index is 1.32. The second-order valence-electron chi connectivity index (χ2n) is 13.4. The number of benzene rings is 5. The maximum Gasteiger partial charge on any atom is 0.407 e. The first-order chi connectivity index (χ1) is 28.3. The maximum atomic E-state index is 14.1. The Morgan fingerprint density at radius 3 is 1.64 bits per heavy atom. The molecule has 0 aliphatic heterocycles. The van der Waals surface area contributed by atoms with Gasteiger partial charge in [0, 0.05) is 25.0 Å². The topological polar surface area (TPSA) is 152 Å². The third kappa shape index (κ3) is 12.5. The van der Waals surface area contributed by atoms with Crippen LogP contribution in [0.25, 0.3) is 0 Å². The van der Waals surface area contributed by atoms with Gasteiger partial charge in [0.25, 0.3) is 0 Å². The first-order valence-electron chi connectivity index (χ1n) is 19.2. The van der Waals surface area contributed by atoms with Crippen molar-refractivity contribution in [3.05, 3.63) is 192 Å². The first-order valence-corrected chi connectivity index (χ1v) is 19.2. The summed E-state index contributed by atoms with van der Waals surface area (Å²) in [6, 6.07) is 45.4. The van der Waals surface area contributed by atoms with E-state index in [1.165, 1.54) is 12.2 Å². The van der Waals surface area contributed by atoms with Gasteiger partial charge < -0.3 is 30.7 Å². The highest BCUT2D eigenvalue weighted by Gasteiger charge is 2.38. The normalized spacial score (nSPS) is 12.1. The third-order valence-electron chi connectivity index (χ3n) is 9.25. The molecule has 2 atom stereocenters. The lowest BCUT2D eigenvalue weighted by Crippen LogP contribution is -2.52. The van der Waals surface area contributed by atoms with E-state index in [1.54, 1.807) is 6.92 Å². The molecule has 0 saturated heterocycles. The average Bonchev–Trinajstić information content (AvgIpc) is 3.26. The fraction of sp³-hybridized carbons (Fsp3) is 0.213. The largest absolute Gasteiger partial charge is 0.463 e. The lowest BCUT2D eigenvalue weighted by atomic mass is 9.77. The number of carbonyl (C=O) groups excluding carboxylic acids is 5. The van der Waals surface area contributed by atoms with Gasteiger partial charge in [-0.05, 0) is 41.2 Å². The molecular formula is C47H48N4O7. The minimum absolute atomic E-state index is 0.0256. The van der Waals surface area contributed by atoms with Crippen LogP contribution in [-0.2, 0) is 47.2 Å². The van der Waals surface area contributed by atoms with Crippen molar-refractivity contribution in [3.63, 3.8) is 0 Å². The van der Waals surface area contributed by atoms with Gasteiger partial charge in [0.05, 0.1) is 6.61 Å². The fourth-order valence-corrected chi connectivity index (χ4v) is 6.46. The molecule has 0 aliphatic rings. The zero-order chi connectivity index (χ0) is 41.0. The molecule has 4 amide bonds. The number of nitrogens with one attached hydrogen (secondary N) is 4. The lowest BCUT2D eigenvalue weighted by molar-refractivity contribution is -0.137. The molecule has 0 spiro atoms. The molecule has 0 aromatic heterocycles. The minimum atomic E-state index is -1.08. The standard InChI is InChI=1S/C47H48N4O7/c1-2-57-44(54)31-29-40(28-30-42(52)51-47(37-22-12-5-13-23-37,38-24-14-6-15-25-38)39-26-16-7-17-27-39)49-45(55)41(32-35-18-8-3-9-19-35)50-43(53)33-48-46(56)58-34-36-20-10-4-11-21-36/h3-27,29,31,40-41H,2,28,30,32-34H2,1H3,(H,48,56)(H,49,55)(H,50,53)(H,51,52)/b31-29+/t40-,41-/m0/s1. The van der Waals surface area contributed by atoms with Gasteiger partial charge in [-0.1, -0.05) is 158 Å². The van der Waals surface area contributed by atoms with Gasteiger partial charge in [0.2, 0.25) is 17.7 Å². The van der Waals surface area contributed by atoms with Crippen LogP contribution in [0.3, 0.4) is 0 Å². The summed E-state index contributed by atoms with van der Waals surface area (Å²) in [5.41, 5.74) is 3.07. The Morgan fingerprint density at radius 2 is 1.12 bits per heavy atom. The van der Waals surface area contributed by atoms with E-state index >= 15 is 0 Å². The molecule has 5 rings (SSSR count). The van der Waals surface area contributed by atoms with Crippen LogP contribution in [0.5, 0.6) is 0 Å². The summed E-state index contributed by atoms with van der Waals surface area (Å²) in [5.74, 6) is -2.10. The lowest BCUT2D eigenvalue weighted by Gasteiger charge is -2.37. The van der Waals surface area contributed by atoms with Crippen molar-refractivity contribution in [2.24, 2.45) is 0 Å². The molecule has 5 aromatic rings. The number of hydrogen-bond acceptors (Lipinski definition) is 7. The maximum absolute atomic E-state index is 14.1. The van der Waals surface area contributed by atoms with Crippen molar-refractivity contribution >= 4 is 29.8 Å². The Labute approximate surface area is 338 Å². The van der Waals surface area contributed by atoms with Crippen molar-refractivity contribution in [1.29, 1.82) is 0 Å². The van der Waals surface area contributed by atoms with E-state index in [0.29, 0.717) is 0 Å². The monoisotopic (exact) mass is 780 g/mol. The van der Waals surface area contributed by atoms with E-state index in [2.05, 4.69) is 21.3 Å². The Kier molecular flexibility index (Phi) is 15.9. The summed E-state index contributed by atoms with van der Waals surface area (Å²) in [6.07, 6.45) is 2.08. The Hall–Kier alpha value is -7.01. The second-order valence-corrected chi connectivity index (χ2v) is 13.4. The third-order valence-corrected chi connectivity index (χ3v) is 9.25. The molecule has 5 aromatic carbocycles. The number of rotatable bonds is 19. The summed E-state index contributed by atoms with van der Waals surface area (Å²) in [7, 11) is 0. The fourth-order valence-electron chi connectivity index (χ4n) is 6.46. The molecule has 0 aliphatic carbocycles. The Bertz CT molecular complexity index is 2000. The van der Waals surface area contributed by atoms with Crippen LogP contribution in [0.2, 0.25) is 0 Å². The van der Waals surface area contributed by atoms with Gasteiger partial charge in [-0.25, -0.2) is 9.59 Å². The molecule has 0 bridgehead atoms. The van der Waals surface area contributed by atoms with Crippen LogP contribution in [-0.4, -0.2) is 55.0 Å². The van der Waals surface area contributed by atoms with E-state index in [0.717, 1.165) is 27.8 Å². The molecule has 0 unspecified atom stereocenters. The quantitative estimate of drug-likeness (QED) is 0.0447. The number of hydrogen-bond donors (Lipinski definition) is 4. The van der Waals surface area contributed by atoms with Crippen LogP contribution in [0.4, 0.5) is 4.79 Å². The summed E-state index contributed by atoms with van der Waals surface area (Å²) >= 11 is 0. The zero-order valence-electron chi connectivity index (χ0n) is 32.3. The van der Waals surface area contributed by atoms with Gasteiger partial charge in [-0.15, -0.1) is 0 Å². The number of ether oxygens (including phenoxy) is 2. The van der Waals surface area contributed by atoms with Crippen LogP contribution in [0.1, 0.15) is 47.6 Å². The molecule has 0 radical (unpaired) electrons. The molecule has 11 nitrogen and oxygen atoms in total. The Morgan fingerprint density at radius 1 is 0.621 bits per heavy atom. The molecule has 0 heterocycles. The van der Waals surface area contributed by atoms with Crippen LogP contribution >= 0.6 is 0 Å². The number of alkyl carbamates (subject to hydrolysis) is 1. The molecule has 11 heteroatoms. The van der Waals surface area contributed by atoms with Gasteiger partial charge >= 0.3 is 12.1 Å². The van der Waals surface area contributed by atoms with Crippen molar-refractivity contribution in [2.75, 3.05) is 13.2 Å². The van der Waals surface area contributed by atoms with E-state index in [9.17, 15) is 24.0 Å². The molecule has 58 heavy (non-hydrogen) atoms. The van der Waals surface area contributed by atoms with Crippen molar-refractivity contribution in [2.45, 2.75) is 50.4 Å². The average molecular weight is 781 g/mol. The highest BCUT2D eigenvalue weighted by Crippen LogP contribution is 2.37. The number of amides is 4. The number of carbonyl (C=O) groups is 5. The summed E-state index contributed by atoms with van der Waals surface area (Å²) < 4.78 is 10.3. The van der Waals surface area contributed by atoms with Crippen molar-refractivity contribution in [1.82, 2.24) is 21.3 Å². The smallest absolute Gasteiger partial charge is 0.407 e. The van der Waals surface area contributed by atoms with E-state index in [-0.39, 0.29) is 38.4 Å². The molecule has 0 fully saturated rings. The van der Waals surface area contributed by atoms with Gasteiger partial charge in [0.15, 0.2) is 0 Å². The highest BCUT2D eigenvalue weighted by atomic mass is 16.5. The molecular weight excluding hydrogens is 733 g/mol. The van der Waals surface area contributed by atoms with Crippen molar-refractivity contribution < 1.29 is 33.4 Å². The van der Waals surface area contributed by atoms with E-state index < -0.39 is 48.0 Å². The molecule has 298 valence electrons. The summed E-state index contributed by atoms with van der Waals surface area (Å²) in [5, 5.41) is 11.4. The molecule has 0 saturated carbocycles. The zero-order valence-corrected chi connectivity index (χ0v) is 32.3. The van der Waals surface area contributed by atoms with Gasteiger partial charge in [-0.2, -0.15) is 0 Å². The molecule has 4 N–H and O–H groups in total. The minimum Gasteiger partial charge on any atom is -0.463 e. The first kappa shape index (κ1) is 42.1. The SMILES string of the molecule is CCOC(=O)/C=C/[C@H](CCC(=O)NC(c1ccccc1)(c1ccccc1)c1ccccc1)NC(=O)[C@H](Cc1ccccc1)NC(=O)CNC(=O)OCc1ccccc1. The highest BCUT2D eigenvalue weighted by molar-refractivity contribution is 5.90. The second kappa shape index (κ2) is 21.9. The van der Waals surface area contributed by atoms with Crippen LogP contribution in [0, 0.1) is 0 Å². The van der Waals surface area contributed by atoms with Crippen LogP contribution < -0.4 is 21.3 Å². The predicted molar refractivity (Wildman–Crippen MR) is 221 cm³/mol. The van der Waals surface area contributed by atoms with Crippen LogP contribution in [0.15, 0.2) is 164 Å². The van der Waals surface area contributed by atoms with Gasteiger partial charge in [-0.3, -0.25) is 14.4 Å². The number of esters is 1. The van der Waals surface area contributed by atoms with E-state index in [4.69, 9.17) is 9.47 Å². The van der Waals surface area contributed by atoms with Crippen molar-refractivity contribution in [3.8, 4) is 0 Å². The van der Waals surface area contributed by atoms with E-state index in [1.807, 2.05) is 152 Å². The van der Waals surface area contributed by atoms with Gasteiger partial charge in [0.1, 0.15) is 24.7 Å². The summed E-state index contributed by atoms with van der Waals surface area (Å²) in [4.78, 5) is 66.0. The summed E-state index contributed by atoms with van der Waals surface area (Å²) in [6.45, 7) is 1.42.